The molecule has 4 N–H and O–H groups in total. The van der Waals surface area contributed by atoms with Gasteiger partial charge in [-0.1, -0.05) is 148 Å². The van der Waals surface area contributed by atoms with E-state index in [1.165, 1.54) is 0 Å². The smallest absolute Gasteiger partial charge is 0.397 e. The van der Waals surface area contributed by atoms with Gasteiger partial charge in [-0.25, -0.2) is 4.18 Å². The molecular weight excluding hydrogens is 837 g/mol. The van der Waals surface area contributed by atoms with E-state index in [9.17, 15) is 28.5 Å². The van der Waals surface area contributed by atoms with Crippen molar-refractivity contribution in [2.45, 2.75) is 166 Å². The van der Waals surface area contributed by atoms with Crippen LogP contribution >= 0.6 is 0 Å². The highest BCUT2D eigenvalue weighted by molar-refractivity contribution is 7.80. The molecule has 0 aliphatic carbocycles. The Bertz CT molecular complexity index is 1570. The summed E-state index contributed by atoms with van der Waals surface area (Å²) in [4.78, 5) is 12.8. The first-order valence-electron chi connectivity index (χ1n) is 23.3. The van der Waals surface area contributed by atoms with Gasteiger partial charge in [0.05, 0.1) is 19.8 Å². The van der Waals surface area contributed by atoms with Crippen molar-refractivity contribution >= 4 is 16.4 Å². The molecule has 1 saturated heterocycles. The molecule has 0 aromatic rings. The van der Waals surface area contributed by atoms with Crippen LogP contribution in [0.2, 0.25) is 0 Å². The molecule has 0 radical (unpaired) electrons. The quantitative estimate of drug-likeness (QED) is 0.0200. The Balaban J connectivity index is 2.49. The van der Waals surface area contributed by atoms with E-state index in [4.69, 9.17) is 23.5 Å². The number of hydrogen-bond donors (Lipinski definition) is 4. The molecule has 0 saturated carbocycles. The van der Waals surface area contributed by atoms with Crippen molar-refractivity contribution in [1.29, 1.82) is 0 Å². The first-order valence-corrected chi connectivity index (χ1v) is 24.7. The van der Waals surface area contributed by atoms with Crippen LogP contribution in [0, 0.1) is 0 Å². The van der Waals surface area contributed by atoms with Crippen molar-refractivity contribution in [3.05, 3.63) is 122 Å². The summed E-state index contributed by atoms with van der Waals surface area (Å²) in [5, 5.41) is 30.7. The van der Waals surface area contributed by atoms with Gasteiger partial charge in [-0.05, 0) is 96.3 Å². The molecule has 6 unspecified atom stereocenters. The fourth-order valence-corrected chi connectivity index (χ4v) is 6.65. The van der Waals surface area contributed by atoms with Crippen molar-refractivity contribution in [2.75, 3.05) is 26.4 Å². The monoisotopic (exact) mass is 917 g/mol. The largest absolute Gasteiger partial charge is 0.457 e. The Labute approximate surface area is 385 Å². The molecule has 0 spiro atoms. The number of esters is 1. The molecule has 1 rings (SSSR count). The zero-order valence-corrected chi connectivity index (χ0v) is 39.3. The predicted octanol–water partition coefficient (Wildman–Crippen LogP) is 10.2. The number of aliphatic hydroxyl groups excluding tert-OH is 3. The van der Waals surface area contributed by atoms with Gasteiger partial charge >= 0.3 is 16.4 Å². The Morgan fingerprint density at radius 1 is 0.594 bits per heavy atom. The van der Waals surface area contributed by atoms with Crippen molar-refractivity contribution in [2.24, 2.45) is 0 Å². The molecule has 64 heavy (non-hydrogen) atoms. The number of hydrogen-bond acceptors (Lipinski definition) is 11. The third kappa shape index (κ3) is 33.9. The zero-order chi connectivity index (χ0) is 46.8. The SMILES string of the molecule is CC/C=C\C/C=C\C/C=C\C/C=C\C/C=C\CCCCCCOCC(COC1OC(CO)C(O)C(OS(=O)(=O)O)C1O)OC(=O)CCC/C=C\C/C=C\C/C=C\C/C=C\C/C=C\CC. The van der Waals surface area contributed by atoms with E-state index in [2.05, 4.69) is 133 Å². The van der Waals surface area contributed by atoms with E-state index in [1.807, 2.05) is 6.08 Å². The van der Waals surface area contributed by atoms with Crippen LogP contribution in [0.25, 0.3) is 0 Å². The summed E-state index contributed by atoms with van der Waals surface area (Å²) >= 11 is 0. The van der Waals surface area contributed by atoms with Crippen LogP contribution < -0.4 is 0 Å². The second-order valence-corrected chi connectivity index (χ2v) is 16.3. The fraction of sp³-hybridized carbons (Fsp3) is 0.588. The molecule has 1 heterocycles. The lowest BCUT2D eigenvalue weighted by atomic mass is 9.99. The van der Waals surface area contributed by atoms with Crippen LogP contribution in [0.15, 0.2) is 122 Å². The van der Waals surface area contributed by atoms with E-state index < -0.39 is 59.8 Å². The third-order valence-electron chi connectivity index (χ3n) is 9.58. The molecule has 12 nitrogen and oxygen atoms in total. The average molecular weight is 917 g/mol. The molecule has 13 heteroatoms. The van der Waals surface area contributed by atoms with Gasteiger partial charge in [-0.2, -0.15) is 8.42 Å². The normalized spacial score (nSPS) is 20.9. The standard InChI is InChI=1S/C51H80O12S/c1-3-5-7-9-11-13-15-17-19-21-22-23-25-27-29-31-33-35-37-39-41-59-43-45(44-60-51-49(55)50(63-64(56,57)58)48(54)46(42-52)62-51)61-47(53)40-38-36-34-32-30-28-26-24-20-18-16-14-12-10-8-6-4-2/h5-8,11-14,17-20,22-23,26-29,32,34,45-46,48-52,54-55H,3-4,9-10,15-16,21,24-25,30-31,33,35-44H2,1-2H3,(H,56,57,58)/b7-5-,8-6-,13-11-,14-12-,19-17-,20-18-,23-22-,28-26-,29-27-,34-32-. The minimum Gasteiger partial charge on any atom is -0.457 e. The van der Waals surface area contributed by atoms with Crippen LogP contribution in [0.3, 0.4) is 0 Å². The summed E-state index contributed by atoms with van der Waals surface area (Å²) < 4.78 is 59.0. The molecule has 6 atom stereocenters. The number of carbonyl (C=O) groups excluding carboxylic acids is 1. The van der Waals surface area contributed by atoms with Gasteiger partial charge in [0.15, 0.2) is 6.29 Å². The Morgan fingerprint density at radius 3 is 1.48 bits per heavy atom. The van der Waals surface area contributed by atoms with Crippen molar-refractivity contribution in [1.82, 2.24) is 0 Å². The molecule has 0 aromatic carbocycles. The first kappa shape index (κ1) is 58.5. The summed E-state index contributed by atoms with van der Waals surface area (Å²) in [6, 6.07) is 0. The van der Waals surface area contributed by atoms with Crippen molar-refractivity contribution < 1.29 is 56.2 Å². The number of rotatable bonds is 38. The van der Waals surface area contributed by atoms with Crippen LogP contribution in [0.5, 0.6) is 0 Å². The summed E-state index contributed by atoms with van der Waals surface area (Å²) in [5.41, 5.74) is 0. The number of ether oxygens (including phenoxy) is 4. The maximum atomic E-state index is 12.8. The Hall–Kier alpha value is -3.50. The molecule has 1 aliphatic rings. The van der Waals surface area contributed by atoms with Crippen molar-refractivity contribution in [3.63, 3.8) is 0 Å². The highest BCUT2D eigenvalue weighted by atomic mass is 32.3. The van der Waals surface area contributed by atoms with Gasteiger partial charge in [0.2, 0.25) is 0 Å². The minimum absolute atomic E-state index is 0.0135. The van der Waals surface area contributed by atoms with E-state index in [0.29, 0.717) is 19.4 Å². The van der Waals surface area contributed by atoms with Crippen LogP contribution in [-0.4, -0.2) is 97.5 Å². The van der Waals surface area contributed by atoms with Crippen LogP contribution in [0.1, 0.15) is 129 Å². The second-order valence-electron chi connectivity index (χ2n) is 15.2. The second kappa shape index (κ2) is 41.0. The van der Waals surface area contributed by atoms with Gasteiger partial charge in [0, 0.05) is 13.0 Å². The third-order valence-corrected chi connectivity index (χ3v) is 10.0. The highest BCUT2D eigenvalue weighted by Crippen LogP contribution is 2.26. The van der Waals surface area contributed by atoms with Crippen LogP contribution in [-0.2, 0) is 38.3 Å². The van der Waals surface area contributed by atoms with Crippen LogP contribution in [0.4, 0.5) is 0 Å². The number of carbonyl (C=O) groups is 1. The molecule has 362 valence electrons. The van der Waals surface area contributed by atoms with Crippen molar-refractivity contribution in [3.8, 4) is 0 Å². The van der Waals surface area contributed by atoms with Gasteiger partial charge < -0.3 is 34.3 Å². The number of unbranched alkanes of at least 4 members (excludes halogenated alkanes) is 5. The maximum absolute atomic E-state index is 12.8. The number of aliphatic hydroxyl groups is 3. The summed E-state index contributed by atoms with van der Waals surface area (Å²) in [6.45, 7) is 3.59. The van der Waals surface area contributed by atoms with Gasteiger partial charge in [-0.15, -0.1) is 0 Å². The highest BCUT2D eigenvalue weighted by Gasteiger charge is 2.48. The lowest BCUT2D eigenvalue weighted by molar-refractivity contribution is -0.301. The van der Waals surface area contributed by atoms with Gasteiger partial charge in [-0.3, -0.25) is 9.35 Å². The molecule has 1 aliphatic heterocycles. The first-order chi connectivity index (χ1) is 31.1. The molecule has 0 amide bonds. The molecule has 0 bridgehead atoms. The van der Waals surface area contributed by atoms with E-state index >= 15 is 0 Å². The lowest BCUT2D eigenvalue weighted by Gasteiger charge is -2.41. The molecule has 0 aromatic heterocycles. The van der Waals surface area contributed by atoms with E-state index in [1.54, 1.807) is 0 Å². The zero-order valence-electron chi connectivity index (χ0n) is 38.5. The average Bonchev–Trinajstić information content (AvgIpc) is 3.27. The molecular formula is C51H80O12S. The van der Waals surface area contributed by atoms with E-state index in [0.717, 1.165) is 96.3 Å². The Kier molecular flexibility index (Phi) is 37.5. The summed E-state index contributed by atoms with van der Waals surface area (Å²) in [5.74, 6) is -0.471. The van der Waals surface area contributed by atoms with Gasteiger partial charge in [0.25, 0.3) is 0 Å². The molecule has 1 fully saturated rings. The maximum Gasteiger partial charge on any atom is 0.397 e. The Morgan fingerprint density at radius 2 is 1.03 bits per heavy atom. The fourth-order valence-electron chi connectivity index (χ4n) is 6.14. The van der Waals surface area contributed by atoms with Gasteiger partial charge in [0.1, 0.15) is 30.5 Å². The lowest BCUT2D eigenvalue weighted by Crippen LogP contribution is -2.60. The topological polar surface area (TPSA) is 178 Å². The summed E-state index contributed by atoms with van der Waals surface area (Å²) in [6.07, 6.45) is 49.5. The number of allylic oxidation sites excluding steroid dienone is 20. The predicted molar refractivity (Wildman–Crippen MR) is 257 cm³/mol. The minimum atomic E-state index is -5.08. The van der Waals surface area contributed by atoms with E-state index in [-0.39, 0.29) is 19.6 Å². The summed E-state index contributed by atoms with van der Waals surface area (Å²) in [7, 11) is -5.08.